The van der Waals surface area contributed by atoms with Crippen LogP contribution in [0.25, 0.3) is 11.0 Å². The summed E-state index contributed by atoms with van der Waals surface area (Å²) in [5.41, 5.74) is 2.61. The van der Waals surface area contributed by atoms with Crippen molar-refractivity contribution in [3.05, 3.63) is 147 Å². The van der Waals surface area contributed by atoms with Crippen LogP contribution in [0, 0.1) is 5.82 Å². The first-order chi connectivity index (χ1) is 18.1. The molecule has 0 aliphatic carbocycles. The molecular weight excluding hydrogens is 469 g/mol. The molecule has 1 amide bonds. The monoisotopic (exact) mass is 491 g/mol. The number of carbonyl (C=O) groups is 1. The maximum absolute atomic E-state index is 14.0. The van der Waals surface area contributed by atoms with Crippen molar-refractivity contribution in [3.63, 3.8) is 0 Å². The van der Waals surface area contributed by atoms with Crippen LogP contribution in [0.4, 0.5) is 4.39 Å². The summed E-state index contributed by atoms with van der Waals surface area (Å²) in [6, 6.07) is 29.8. The van der Waals surface area contributed by atoms with Gasteiger partial charge < -0.3 is 14.1 Å². The van der Waals surface area contributed by atoms with E-state index in [2.05, 4.69) is 0 Å². The second kappa shape index (κ2) is 9.39. The Morgan fingerprint density at radius 1 is 0.811 bits per heavy atom. The van der Waals surface area contributed by atoms with Gasteiger partial charge in [0.25, 0.3) is 5.91 Å². The van der Waals surface area contributed by atoms with Crippen LogP contribution in [0.2, 0.25) is 0 Å². The minimum absolute atomic E-state index is 0.0133. The van der Waals surface area contributed by atoms with Gasteiger partial charge in [0.2, 0.25) is 5.76 Å². The molecule has 0 saturated heterocycles. The summed E-state index contributed by atoms with van der Waals surface area (Å²) >= 11 is 0. The van der Waals surface area contributed by atoms with Gasteiger partial charge in [-0.1, -0.05) is 72.8 Å². The van der Waals surface area contributed by atoms with Crippen LogP contribution >= 0.6 is 0 Å². The van der Waals surface area contributed by atoms with Crippen LogP contribution in [-0.4, -0.2) is 10.8 Å². The molecule has 0 N–H and O–H groups in total. The molecule has 0 radical (unpaired) electrons. The molecule has 1 aliphatic rings. The van der Waals surface area contributed by atoms with E-state index >= 15 is 0 Å². The highest BCUT2D eigenvalue weighted by atomic mass is 19.1. The molecule has 0 bridgehead atoms. The maximum atomic E-state index is 14.0. The third kappa shape index (κ3) is 4.27. The van der Waals surface area contributed by atoms with Crippen LogP contribution in [0.1, 0.15) is 38.9 Å². The molecule has 0 unspecified atom stereocenters. The van der Waals surface area contributed by atoms with Gasteiger partial charge in [0.15, 0.2) is 5.43 Å². The minimum Gasteiger partial charge on any atom is -0.489 e. The number of amides is 1. The van der Waals surface area contributed by atoms with Gasteiger partial charge in [0.05, 0.1) is 17.0 Å². The summed E-state index contributed by atoms with van der Waals surface area (Å²) in [5.74, 6) is -0.334. The lowest BCUT2D eigenvalue weighted by molar-refractivity contribution is 0.0714. The highest BCUT2D eigenvalue weighted by Gasteiger charge is 2.42. The van der Waals surface area contributed by atoms with Crippen molar-refractivity contribution in [2.45, 2.75) is 19.2 Å². The van der Waals surface area contributed by atoms with Crippen LogP contribution in [0.5, 0.6) is 5.75 Å². The summed E-state index contributed by atoms with van der Waals surface area (Å²) in [6.45, 7) is 0.651. The Labute approximate surface area is 212 Å². The van der Waals surface area contributed by atoms with E-state index in [4.69, 9.17) is 9.15 Å². The molecule has 2 heterocycles. The van der Waals surface area contributed by atoms with Crippen molar-refractivity contribution in [3.8, 4) is 5.75 Å². The number of hydrogen-bond acceptors (Lipinski definition) is 4. The molecule has 5 aromatic rings. The third-order valence-corrected chi connectivity index (χ3v) is 6.55. The van der Waals surface area contributed by atoms with E-state index in [-0.39, 0.29) is 34.7 Å². The lowest BCUT2D eigenvalue weighted by Gasteiger charge is -2.25. The molecule has 0 fully saturated rings. The Morgan fingerprint density at radius 3 is 2.30 bits per heavy atom. The van der Waals surface area contributed by atoms with Gasteiger partial charge in [-0.15, -0.1) is 0 Å². The fourth-order valence-electron chi connectivity index (χ4n) is 4.80. The molecule has 0 spiro atoms. The first-order valence-corrected chi connectivity index (χ1v) is 12.0. The number of rotatable bonds is 6. The molecule has 0 saturated carbocycles. The number of halogens is 1. The Kier molecular flexibility index (Phi) is 5.77. The van der Waals surface area contributed by atoms with E-state index in [1.807, 2.05) is 84.9 Å². The molecule has 1 atom stereocenters. The zero-order valence-electron chi connectivity index (χ0n) is 19.8. The van der Waals surface area contributed by atoms with Crippen molar-refractivity contribution >= 4 is 16.9 Å². The number of ether oxygens (including phenoxy) is 1. The van der Waals surface area contributed by atoms with Crippen LogP contribution in [0.15, 0.2) is 112 Å². The largest absolute Gasteiger partial charge is 0.489 e. The van der Waals surface area contributed by atoms with Gasteiger partial charge in [-0.2, -0.15) is 0 Å². The van der Waals surface area contributed by atoms with Crippen molar-refractivity contribution in [1.82, 2.24) is 4.90 Å². The predicted octanol–water partition coefficient (Wildman–Crippen LogP) is 6.26. The van der Waals surface area contributed by atoms with Crippen LogP contribution in [-0.2, 0) is 13.2 Å². The fraction of sp³-hybridized carbons (Fsp3) is 0.0968. The summed E-state index contributed by atoms with van der Waals surface area (Å²) in [4.78, 5) is 28.9. The van der Waals surface area contributed by atoms with Gasteiger partial charge >= 0.3 is 0 Å². The third-order valence-electron chi connectivity index (χ3n) is 6.55. The molecule has 37 heavy (non-hydrogen) atoms. The van der Waals surface area contributed by atoms with Gasteiger partial charge in [-0.3, -0.25) is 9.59 Å². The Bertz CT molecular complexity index is 1660. The van der Waals surface area contributed by atoms with Crippen LogP contribution < -0.4 is 10.2 Å². The number of carbonyl (C=O) groups excluding carboxylic acids is 1. The van der Waals surface area contributed by atoms with E-state index in [0.717, 1.165) is 17.2 Å². The average molecular weight is 492 g/mol. The quantitative estimate of drug-likeness (QED) is 0.281. The molecule has 182 valence electrons. The van der Waals surface area contributed by atoms with E-state index < -0.39 is 17.3 Å². The van der Waals surface area contributed by atoms with Crippen molar-refractivity contribution in [2.75, 3.05) is 0 Å². The fourth-order valence-corrected chi connectivity index (χ4v) is 4.80. The normalized spacial score (nSPS) is 14.7. The van der Waals surface area contributed by atoms with E-state index in [1.165, 1.54) is 12.1 Å². The summed E-state index contributed by atoms with van der Waals surface area (Å²) in [6.07, 6.45) is 0. The van der Waals surface area contributed by atoms with Crippen molar-refractivity contribution in [1.29, 1.82) is 0 Å². The summed E-state index contributed by atoms with van der Waals surface area (Å²) < 4.78 is 26.0. The SMILES string of the molecule is O=C1c2oc3ccc(F)cc3c(=O)c2[C@@H](c2cccc(OCc3ccccc3)c2)N1Cc1ccccc1. The average Bonchev–Trinajstić information content (AvgIpc) is 3.20. The smallest absolute Gasteiger partial charge is 0.291 e. The zero-order chi connectivity index (χ0) is 25.4. The van der Waals surface area contributed by atoms with Gasteiger partial charge in [0, 0.05) is 6.54 Å². The molecular formula is C31H22FNO4. The highest BCUT2D eigenvalue weighted by Crippen LogP contribution is 2.40. The number of hydrogen-bond donors (Lipinski definition) is 0. The Balaban J connectivity index is 1.45. The molecule has 5 nitrogen and oxygen atoms in total. The lowest BCUT2D eigenvalue weighted by atomic mass is 9.98. The molecule has 1 aliphatic heterocycles. The minimum atomic E-state index is -0.716. The van der Waals surface area contributed by atoms with Crippen molar-refractivity contribution < 1.29 is 18.3 Å². The topological polar surface area (TPSA) is 59.8 Å². The number of fused-ring (bicyclic) bond motifs is 2. The highest BCUT2D eigenvalue weighted by molar-refractivity contribution is 5.99. The van der Waals surface area contributed by atoms with E-state index in [1.54, 1.807) is 4.90 Å². The first kappa shape index (κ1) is 22.7. The van der Waals surface area contributed by atoms with Crippen molar-refractivity contribution in [2.24, 2.45) is 0 Å². The number of nitrogens with zero attached hydrogens (tertiary/aromatic N) is 1. The molecule has 6 heteroatoms. The Hall–Kier alpha value is -4.71. The standard InChI is InChI=1S/C31H22FNO4/c32-23-14-15-26-25(17-23)29(34)27-28(33(31(35)30(27)37-26)18-20-8-3-1-4-9-20)22-12-7-13-24(16-22)36-19-21-10-5-2-6-11-21/h1-17,28H,18-19H2/t28-/m1/s1. The summed E-state index contributed by atoms with van der Waals surface area (Å²) in [7, 11) is 0. The second-order valence-electron chi connectivity index (χ2n) is 8.98. The zero-order valence-corrected chi connectivity index (χ0v) is 19.8. The van der Waals surface area contributed by atoms with Gasteiger partial charge in [0.1, 0.15) is 23.8 Å². The number of benzene rings is 4. The lowest BCUT2D eigenvalue weighted by Crippen LogP contribution is -2.29. The molecule has 6 rings (SSSR count). The molecule has 4 aromatic carbocycles. The first-order valence-electron chi connectivity index (χ1n) is 12.0. The predicted molar refractivity (Wildman–Crippen MR) is 138 cm³/mol. The van der Waals surface area contributed by atoms with E-state index in [0.29, 0.717) is 17.9 Å². The van der Waals surface area contributed by atoms with Gasteiger partial charge in [-0.05, 0) is 47.0 Å². The summed E-state index contributed by atoms with van der Waals surface area (Å²) in [5, 5.41) is 0.106. The second-order valence-corrected chi connectivity index (χ2v) is 8.98. The van der Waals surface area contributed by atoms with Crippen LogP contribution in [0.3, 0.4) is 0 Å². The molecule has 1 aromatic heterocycles. The van der Waals surface area contributed by atoms with E-state index in [9.17, 15) is 14.0 Å². The Morgan fingerprint density at radius 2 is 1.54 bits per heavy atom. The maximum Gasteiger partial charge on any atom is 0.291 e. The van der Waals surface area contributed by atoms with Gasteiger partial charge in [-0.25, -0.2) is 4.39 Å².